The summed E-state index contributed by atoms with van der Waals surface area (Å²) in [4.78, 5) is 22.3. The van der Waals surface area contributed by atoms with Gasteiger partial charge in [0.05, 0.1) is 4.92 Å². The molecule has 0 fully saturated rings. The standard InChI is InChI=1S/C16H10N2O4/c17-10-13(16(20)11-4-2-1-3-5-11)8-12-9-14(18(21)22)6-7-15(12)19/h1-9,19H/b13-8+. The van der Waals surface area contributed by atoms with Crippen molar-refractivity contribution in [2.45, 2.75) is 0 Å². The molecule has 2 aromatic carbocycles. The lowest BCUT2D eigenvalue weighted by atomic mass is 10.0. The van der Waals surface area contributed by atoms with Gasteiger partial charge in [0.1, 0.15) is 17.4 Å². The molecule has 2 aromatic rings. The number of nitriles is 1. The zero-order valence-corrected chi connectivity index (χ0v) is 11.3. The number of aromatic hydroxyl groups is 1. The fraction of sp³-hybridized carbons (Fsp3) is 0. The van der Waals surface area contributed by atoms with Crippen molar-refractivity contribution in [2.24, 2.45) is 0 Å². The number of allylic oxidation sites excluding steroid dienone is 1. The van der Waals surface area contributed by atoms with Crippen LogP contribution in [0.15, 0.2) is 54.1 Å². The number of nitro benzene ring substituents is 1. The maximum Gasteiger partial charge on any atom is 0.270 e. The fourth-order valence-electron chi connectivity index (χ4n) is 1.82. The smallest absolute Gasteiger partial charge is 0.270 e. The Morgan fingerprint density at radius 2 is 1.91 bits per heavy atom. The van der Waals surface area contributed by atoms with Gasteiger partial charge in [-0.2, -0.15) is 5.26 Å². The van der Waals surface area contributed by atoms with Gasteiger partial charge in [0, 0.05) is 23.3 Å². The van der Waals surface area contributed by atoms with Crippen molar-refractivity contribution >= 4 is 17.5 Å². The van der Waals surface area contributed by atoms with Crippen molar-refractivity contribution < 1.29 is 14.8 Å². The van der Waals surface area contributed by atoms with E-state index in [0.29, 0.717) is 5.56 Å². The zero-order chi connectivity index (χ0) is 16.1. The minimum atomic E-state index is -0.623. The Bertz CT molecular complexity index is 805. The van der Waals surface area contributed by atoms with E-state index in [1.807, 2.05) is 0 Å². The van der Waals surface area contributed by atoms with Gasteiger partial charge in [-0.3, -0.25) is 14.9 Å². The van der Waals surface area contributed by atoms with Gasteiger partial charge < -0.3 is 5.11 Å². The average molecular weight is 294 g/mol. The van der Waals surface area contributed by atoms with Gasteiger partial charge in [-0.25, -0.2) is 0 Å². The number of Topliss-reactive ketones (excluding diaryl/α,β-unsaturated/α-hetero) is 1. The molecule has 1 N–H and O–H groups in total. The summed E-state index contributed by atoms with van der Waals surface area (Å²) in [5.74, 6) is -0.770. The maximum absolute atomic E-state index is 12.2. The number of nitrogens with zero attached hydrogens (tertiary/aromatic N) is 2. The Labute approximate surface area is 125 Å². The predicted molar refractivity (Wildman–Crippen MR) is 79.1 cm³/mol. The number of non-ortho nitro benzene ring substituents is 1. The van der Waals surface area contributed by atoms with Gasteiger partial charge in [0.2, 0.25) is 5.78 Å². The SMILES string of the molecule is N#C/C(=C\c1cc([N+](=O)[O-])ccc1O)C(=O)c1ccccc1. The van der Waals surface area contributed by atoms with Gasteiger partial charge in [0.25, 0.3) is 5.69 Å². The van der Waals surface area contributed by atoms with Crippen LogP contribution in [0.25, 0.3) is 6.08 Å². The maximum atomic E-state index is 12.2. The van der Waals surface area contributed by atoms with E-state index in [-0.39, 0.29) is 22.6 Å². The molecule has 0 aromatic heterocycles. The molecule has 0 spiro atoms. The summed E-state index contributed by atoms with van der Waals surface area (Å²) in [5.41, 5.74) is -0.106. The number of nitro groups is 1. The third kappa shape index (κ3) is 3.16. The molecule has 2 rings (SSSR count). The third-order valence-electron chi connectivity index (χ3n) is 2.92. The largest absolute Gasteiger partial charge is 0.507 e. The highest BCUT2D eigenvalue weighted by atomic mass is 16.6. The first-order valence-corrected chi connectivity index (χ1v) is 6.22. The number of hydrogen-bond donors (Lipinski definition) is 1. The summed E-state index contributed by atoms with van der Waals surface area (Å²) in [7, 11) is 0. The highest BCUT2D eigenvalue weighted by Gasteiger charge is 2.14. The van der Waals surface area contributed by atoms with Crippen LogP contribution in [0.2, 0.25) is 0 Å². The first-order valence-electron chi connectivity index (χ1n) is 6.22. The molecule has 0 saturated heterocycles. The number of rotatable bonds is 4. The van der Waals surface area contributed by atoms with Crippen LogP contribution in [0, 0.1) is 21.4 Å². The molecule has 0 amide bonds. The van der Waals surface area contributed by atoms with Crippen LogP contribution >= 0.6 is 0 Å². The first-order chi connectivity index (χ1) is 10.5. The van der Waals surface area contributed by atoms with E-state index in [4.69, 9.17) is 5.26 Å². The molecule has 0 aliphatic rings. The molecule has 0 heterocycles. The van der Waals surface area contributed by atoms with Crippen LogP contribution in [0.4, 0.5) is 5.69 Å². The molecule has 0 radical (unpaired) electrons. The summed E-state index contributed by atoms with van der Waals surface area (Å²) >= 11 is 0. The minimum absolute atomic E-state index is 0.0371. The normalized spacial score (nSPS) is 10.8. The molecule has 6 nitrogen and oxygen atoms in total. The Morgan fingerprint density at radius 1 is 1.23 bits per heavy atom. The molecule has 0 aliphatic carbocycles. The van der Waals surface area contributed by atoms with E-state index in [1.54, 1.807) is 36.4 Å². The highest BCUT2D eigenvalue weighted by molar-refractivity contribution is 6.14. The van der Waals surface area contributed by atoms with E-state index >= 15 is 0 Å². The van der Waals surface area contributed by atoms with E-state index < -0.39 is 10.7 Å². The van der Waals surface area contributed by atoms with Crippen molar-refractivity contribution in [3.05, 3.63) is 75.3 Å². The van der Waals surface area contributed by atoms with Crippen LogP contribution in [0.5, 0.6) is 5.75 Å². The molecule has 108 valence electrons. The van der Waals surface area contributed by atoms with Crippen LogP contribution < -0.4 is 0 Å². The van der Waals surface area contributed by atoms with Gasteiger partial charge in [0.15, 0.2) is 0 Å². The van der Waals surface area contributed by atoms with Crippen molar-refractivity contribution in [2.75, 3.05) is 0 Å². The van der Waals surface area contributed by atoms with Crippen LogP contribution in [0.3, 0.4) is 0 Å². The summed E-state index contributed by atoms with van der Waals surface area (Å²) in [6.45, 7) is 0. The molecular formula is C16H10N2O4. The first kappa shape index (κ1) is 14.9. The van der Waals surface area contributed by atoms with E-state index in [0.717, 1.165) is 24.3 Å². The number of phenolic OH excluding ortho intramolecular Hbond substituents is 1. The minimum Gasteiger partial charge on any atom is -0.507 e. The topological polar surface area (TPSA) is 104 Å². The highest BCUT2D eigenvalue weighted by Crippen LogP contribution is 2.25. The number of carbonyl (C=O) groups is 1. The number of ketones is 1. The lowest BCUT2D eigenvalue weighted by molar-refractivity contribution is -0.384. The van der Waals surface area contributed by atoms with Gasteiger partial charge in [-0.05, 0) is 12.1 Å². The molecule has 0 aliphatic heterocycles. The third-order valence-corrected chi connectivity index (χ3v) is 2.92. The molecule has 22 heavy (non-hydrogen) atoms. The van der Waals surface area contributed by atoms with Crippen molar-refractivity contribution in [1.82, 2.24) is 0 Å². The summed E-state index contributed by atoms with van der Waals surface area (Å²) < 4.78 is 0. The van der Waals surface area contributed by atoms with Crippen molar-refractivity contribution in [3.8, 4) is 11.8 Å². The molecular weight excluding hydrogens is 284 g/mol. The van der Waals surface area contributed by atoms with E-state index in [9.17, 15) is 20.0 Å². The Kier molecular flexibility index (Phi) is 4.30. The number of hydrogen-bond acceptors (Lipinski definition) is 5. The summed E-state index contributed by atoms with van der Waals surface area (Å²) in [6.07, 6.45) is 1.14. The van der Waals surface area contributed by atoms with Crippen molar-refractivity contribution in [1.29, 1.82) is 5.26 Å². The van der Waals surface area contributed by atoms with Crippen LogP contribution in [-0.2, 0) is 0 Å². The molecule has 6 heteroatoms. The Morgan fingerprint density at radius 3 is 2.50 bits per heavy atom. The quantitative estimate of drug-likeness (QED) is 0.307. The number of carbonyl (C=O) groups excluding carboxylic acids is 1. The monoisotopic (exact) mass is 294 g/mol. The van der Waals surface area contributed by atoms with E-state index in [1.165, 1.54) is 0 Å². The summed E-state index contributed by atoms with van der Waals surface area (Å²) in [6, 6.07) is 13.3. The second-order valence-corrected chi connectivity index (χ2v) is 4.37. The number of phenols is 1. The second kappa shape index (κ2) is 6.33. The lowest BCUT2D eigenvalue weighted by Gasteiger charge is -2.02. The zero-order valence-electron chi connectivity index (χ0n) is 11.3. The fourth-order valence-corrected chi connectivity index (χ4v) is 1.82. The molecule has 0 bridgehead atoms. The summed E-state index contributed by atoms with van der Waals surface area (Å²) in [5, 5.41) is 29.6. The number of benzene rings is 2. The molecule has 0 atom stereocenters. The second-order valence-electron chi connectivity index (χ2n) is 4.37. The van der Waals surface area contributed by atoms with Gasteiger partial charge in [-0.1, -0.05) is 30.3 Å². The van der Waals surface area contributed by atoms with Gasteiger partial charge in [-0.15, -0.1) is 0 Å². The Balaban J connectivity index is 2.46. The van der Waals surface area contributed by atoms with Crippen LogP contribution in [0.1, 0.15) is 15.9 Å². The predicted octanol–water partition coefficient (Wildman–Crippen LogP) is 3.09. The van der Waals surface area contributed by atoms with Gasteiger partial charge >= 0.3 is 0 Å². The average Bonchev–Trinajstić information content (AvgIpc) is 2.54. The van der Waals surface area contributed by atoms with E-state index in [2.05, 4.69) is 0 Å². The lowest BCUT2D eigenvalue weighted by Crippen LogP contribution is -2.01. The van der Waals surface area contributed by atoms with Crippen molar-refractivity contribution in [3.63, 3.8) is 0 Å². The van der Waals surface area contributed by atoms with Crippen LogP contribution in [-0.4, -0.2) is 15.8 Å². The molecule has 0 saturated carbocycles. The Hall–Kier alpha value is -3.46. The molecule has 0 unspecified atom stereocenters.